The summed E-state index contributed by atoms with van der Waals surface area (Å²) in [6.07, 6.45) is -0.946. The van der Waals surface area contributed by atoms with Crippen LogP contribution >= 0.6 is 0 Å². The quantitative estimate of drug-likeness (QED) is 0.879. The third kappa shape index (κ3) is 3.93. The fourth-order valence-corrected chi connectivity index (χ4v) is 1.77. The summed E-state index contributed by atoms with van der Waals surface area (Å²) in [4.78, 5) is 23.9. The third-order valence-corrected chi connectivity index (χ3v) is 2.92. The second-order valence-electron chi connectivity index (χ2n) is 4.60. The summed E-state index contributed by atoms with van der Waals surface area (Å²) < 4.78 is 5.11. The Labute approximate surface area is 128 Å². The lowest BCUT2D eigenvalue weighted by molar-refractivity contribution is -0.123. The molecule has 2 aromatic carbocycles. The molecule has 0 aliphatic carbocycles. The van der Waals surface area contributed by atoms with E-state index in [0.29, 0.717) is 16.8 Å². The fraction of sp³-hybridized carbons (Fsp3) is 0.118. The highest BCUT2D eigenvalue weighted by Crippen LogP contribution is 2.11. The molecule has 1 amide bonds. The normalized spacial score (nSPS) is 11.1. The van der Waals surface area contributed by atoms with Crippen LogP contribution in [0.5, 0.6) is 0 Å². The van der Waals surface area contributed by atoms with Gasteiger partial charge in [-0.2, -0.15) is 5.26 Å². The molecule has 0 heterocycles. The van der Waals surface area contributed by atoms with Crippen LogP contribution in [-0.4, -0.2) is 18.0 Å². The minimum absolute atomic E-state index is 0.383. The van der Waals surface area contributed by atoms with Crippen LogP contribution < -0.4 is 5.32 Å². The lowest BCUT2D eigenvalue weighted by Crippen LogP contribution is -2.30. The predicted molar refractivity (Wildman–Crippen MR) is 81.1 cm³/mol. The standard InChI is InChI=1S/C17H14N2O3/c1-12(22-17(21)14-7-3-2-4-8-14)16(20)19-15-9-5-6-13(10-15)11-18/h2-10,12H,1H3,(H,19,20)/t12-/m0/s1. The number of ether oxygens (including phenoxy) is 1. The number of nitrogens with one attached hydrogen (secondary N) is 1. The number of amides is 1. The zero-order valence-corrected chi connectivity index (χ0v) is 11.9. The van der Waals surface area contributed by atoms with Crippen molar-refractivity contribution in [3.8, 4) is 6.07 Å². The van der Waals surface area contributed by atoms with Crippen molar-refractivity contribution < 1.29 is 14.3 Å². The van der Waals surface area contributed by atoms with Gasteiger partial charge in [-0.1, -0.05) is 24.3 Å². The maximum absolute atomic E-state index is 12.0. The summed E-state index contributed by atoms with van der Waals surface area (Å²) in [5, 5.41) is 11.4. The molecule has 0 aromatic heterocycles. The van der Waals surface area contributed by atoms with Crippen molar-refractivity contribution in [1.82, 2.24) is 0 Å². The molecule has 1 atom stereocenters. The van der Waals surface area contributed by atoms with Gasteiger partial charge in [0.1, 0.15) is 0 Å². The SMILES string of the molecule is C[C@H](OC(=O)c1ccccc1)C(=O)Nc1cccc(C#N)c1. The molecule has 22 heavy (non-hydrogen) atoms. The molecule has 0 aliphatic rings. The minimum Gasteiger partial charge on any atom is -0.449 e. The monoisotopic (exact) mass is 294 g/mol. The van der Waals surface area contributed by atoms with Crippen LogP contribution in [0.15, 0.2) is 54.6 Å². The van der Waals surface area contributed by atoms with Crippen LogP contribution in [-0.2, 0) is 9.53 Å². The Kier molecular flexibility index (Phi) is 4.89. The highest BCUT2D eigenvalue weighted by Gasteiger charge is 2.18. The van der Waals surface area contributed by atoms with Crippen molar-refractivity contribution in [2.45, 2.75) is 13.0 Å². The molecule has 0 radical (unpaired) electrons. The van der Waals surface area contributed by atoms with Crippen molar-refractivity contribution in [2.75, 3.05) is 5.32 Å². The molecule has 0 bridgehead atoms. The summed E-state index contributed by atoms with van der Waals surface area (Å²) in [5.41, 5.74) is 1.30. The zero-order chi connectivity index (χ0) is 15.9. The summed E-state index contributed by atoms with van der Waals surface area (Å²) in [7, 11) is 0. The molecule has 0 unspecified atom stereocenters. The number of carbonyl (C=O) groups excluding carboxylic acids is 2. The molecular weight excluding hydrogens is 280 g/mol. The zero-order valence-electron chi connectivity index (χ0n) is 11.9. The first-order valence-electron chi connectivity index (χ1n) is 6.67. The molecule has 0 spiro atoms. The Bertz CT molecular complexity index is 720. The van der Waals surface area contributed by atoms with Gasteiger partial charge < -0.3 is 10.1 Å². The summed E-state index contributed by atoms with van der Waals surface area (Å²) in [5.74, 6) is -1.02. The highest BCUT2D eigenvalue weighted by atomic mass is 16.5. The van der Waals surface area contributed by atoms with Crippen molar-refractivity contribution in [2.24, 2.45) is 0 Å². The van der Waals surface area contributed by atoms with Gasteiger partial charge in [-0.05, 0) is 37.3 Å². The molecule has 0 saturated carbocycles. The number of hydrogen-bond donors (Lipinski definition) is 1. The first kappa shape index (κ1) is 15.3. The Morgan fingerprint density at radius 3 is 2.55 bits per heavy atom. The molecule has 0 fully saturated rings. The van der Waals surface area contributed by atoms with Gasteiger partial charge in [0.05, 0.1) is 17.2 Å². The van der Waals surface area contributed by atoms with Crippen LogP contribution in [0.4, 0.5) is 5.69 Å². The summed E-state index contributed by atoms with van der Waals surface area (Å²) >= 11 is 0. The first-order valence-corrected chi connectivity index (χ1v) is 6.67. The number of hydrogen-bond acceptors (Lipinski definition) is 4. The number of nitrogens with zero attached hydrogens (tertiary/aromatic N) is 1. The largest absolute Gasteiger partial charge is 0.449 e. The Morgan fingerprint density at radius 2 is 1.86 bits per heavy atom. The van der Waals surface area contributed by atoms with Gasteiger partial charge in [0, 0.05) is 5.69 Å². The second kappa shape index (κ2) is 7.04. The van der Waals surface area contributed by atoms with Gasteiger partial charge in [0.15, 0.2) is 6.10 Å². The Morgan fingerprint density at radius 1 is 1.14 bits per heavy atom. The Balaban J connectivity index is 1.97. The number of carbonyl (C=O) groups is 2. The molecule has 0 aliphatic heterocycles. The molecule has 2 aromatic rings. The molecule has 0 saturated heterocycles. The maximum Gasteiger partial charge on any atom is 0.338 e. The lowest BCUT2D eigenvalue weighted by atomic mass is 10.2. The first-order chi connectivity index (χ1) is 10.6. The van der Waals surface area contributed by atoms with Gasteiger partial charge in [-0.3, -0.25) is 4.79 Å². The molecule has 5 heteroatoms. The van der Waals surface area contributed by atoms with E-state index in [4.69, 9.17) is 10.00 Å². The average Bonchev–Trinajstić information content (AvgIpc) is 2.55. The van der Waals surface area contributed by atoms with E-state index in [-0.39, 0.29) is 0 Å². The Hall–Kier alpha value is -3.13. The van der Waals surface area contributed by atoms with Crippen LogP contribution in [0.2, 0.25) is 0 Å². The van der Waals surface area contributed by atoms with E-state index in [1.807, 2.05) is 6.07 Å². The van der Waals surface area contributed by atoms with Gasteiger partial charge in [-0.25, -0.2) is 4.79 Å². The fourth-order valence-electron chi connectivity index (χ4n) is 1.77. The van der Waals surface area contributed by atoms with Gasteiger partial charge in [-0.15, -0.1) is 0 Å². The second-order valence-corrected chi connectivity index (χ2v) is 4.60. The van der Waals surface area contributed by atoms with Crippen molar-refractivity contribution in [1.29, 1.82) is 5.26 Å². The molecule has 110 valence electrons. The average molecular weight is 294 g/mol. The summed E-state index contributed by atoms with van der Waals surface area (Å²) in [6, 6.07) is 16.9. The van der Waals surface area contributed by atoms with Crippen LogP contribution in [0.3, 0.4) is 0 Å². The van der Waals surface area contributed by atoms with E-state index in [9.17, 15) is 9.59 Å². The topological polar surface area (TPSA) is 79.2 Å². The lowest BCUT2D eigenvalue weighted by Gasteiger charge is -2.13. The number of rotatable bonds is 4. The van der Waals surface area contributed by atoms with E-state index < -0.39 is 18.0 Å². The number of esters is 1. The molecule has 2 rings (SSSR count). The van der Waals surface area contributed by atoms with E-state index in [1.54, 1.807) is 54.6 Å². The number of anilines is 1. The molecule has 5 nitrogen and oxygen atoms in total. The van der Waals surface area contributed by atoms with Crippen molar-refractivity contribution >= 4 is 17.6 Å². The summed E-state index contributed by atoms with van der Waals surface area (Å²) in [6.45, 7) is 1.49. The van der Waals surface area contributed by atoms with Crippen LogP contribution in [0, 0.1) is 11.3 Å². The van der Waals surface area contributed by atoms with Crippen molar-refractivity contribution in [3.63, 3.8) is 0 Å². The predicted octanol–water partition coefficient (Wildman–Crippen LogP) is 2.74. The number of benzene rings is 2. The molecule has 1 N–H and O–H groups in total. The smallest absolute Gasteiger partial charge is 0.338 e. The highest BCUT2D eigenvalue weighted by molar-refractivity contribution is 5.97. The van der Waals surface area contributed by atoms with Crippen LogP contribution in [0.1, 0.15) is 22.8 Å². The molecular formula is C17H14N2O3. The third-order valence-electron chi connectivity index (χ3n) is 2.92. The van der Waals surface area contributed by atoms with E-state index in [2.05, 4.69) is 5.32 Å². The minimum atomic E-state index is -0.946. The van der Waals surface area contributed by atoms with E-state index in [1.165, 1.54) is 6.92 Å². The van der Waals surface area contributed by atoms with Crippen molar-refractivity contribution in [3.05, 3.63) is 65.7 Å². The van der Waals surface area contributed by atoms with Gasteiger partial charge in [0.25, 0.3) is 5.91 Å². The number of nitriles is 1. The van der Waals surface area contributed by atoms with Gasteiger partial charge >= 0.3 is 5.97 Å². The van der Waals surface area contributed by atoms with Crippen LogP contribution in [0.25, 0.3) is 0 Å². The maximum atomic E-state index is 12.0. The van der Waals surface area contributed by atoms with Gasteiger partial charge in [0.2, 0.25) is 0 Å². The van der Waals surface area contributed by atoms with E-state index in [0.717, 1.165) is 0 Å². The van der Waals surface area contributed by atoms with E-state index >= 15 is 0 Å².